The summed E-state index contributed by atoms with van der Waals surface area (Å²) < 4.78 is 0. The average Bonchev–Trinajstić information content (AvgIpc) is 2.33. The molecule has 1 aromatic carbocycles. The van der Waals surface area contributed by atoms with Crippen molar-refractivity contribution in [2.24, 2.45) is 0 Å². The Morgan fingerprint density at radius 3 is 2.58 bits per heavy atom. The third kappa shape index (κ3) is 2.54. The molecule has 5 heteroatoms. The van der Waals surface area contributed by atoms with Crippen LogP contribution in [0, 0.1) is 6.92 Å². The number of hydrogen-bond donors (Lipinski definition) is 2. The molecule has 0 spiro atoms. The molecule has 0 aromatic heterocycles. The Balaban J connectivity index is 2.29. The molecule has 5 nitrogen and oxygen atoms in total. The van der Waals surface area contributed by atoms with E-state index in [1.165, 1.54) is 0 Å². The lowest BCUT2D eigenvalue weighted by Gasteiger charge is -2.33. The molecule has 1 atom stereocenters. The van der Waals surface area contributed by atoms with Crippen LogP contribution >= 0.6 is 0 Å². The molecule has 1 aromatic rings. The van der Waals surface area contributed by atoms with Gasteiger partial charge in [-0.25, -0.2) is 0 Å². The molecule has 1 fully saturated rings. The van der Waals surface area contributed by atoms with Crippen LogP contribution in [0.3, 0.4) is 0 Å². The van der Waals surface area contributed by atoms with Crippen molar-refractivity contribution < 1.29 is 9.59 Å². The zero-order chi connectivity index (χ0) is 14.2. The van der Waals surface area contributed by atoms with Gasteiger partial charge in [0.1, 0.15) is 5.78 Å². The summed E-state index contributed by atoms with van der Waals surface area (Å²) in [5, 5.41) is 0. The standard InChI is InChI=1S/C14H19N3O2/c1-8-5-12(15)13(16)7-11(8)14(19)17-4-3-10(18)6-9(17)2/h5,7,9H,3-4,6,15-16H2,1-2H3/t9-/m1/s1. The quantitative estimate of drug-likeness (QED) is 0.747. The average molecular weight is 261 g/mol. The first-order valence-corrected chi connectivity index (χ1v) is 6.38. The topological polar surface area (TPSA) is 89.4 Å². The van der Waals surface area contributed by atoms with E-state index in [0.29, 0.717) is 36.3 Å². The molecule has 1 heterocycles. The Morgan fingerprint density at radius 1 is 1.32 bits per heavy atom. The SMILES string of the molecule is Cc1cc(N)c(N)cc1C(=O)N1CCC(=O)C[C@H]1C. The van der Waals surface area contributed by atoms with E-state index >= 15 is 0 Å². The van der Waals surface area contributed by atoms with Crippen molar-refractivity contribution in [1.29, 1.82) is 0 Å². The first kappa shape index (κ1) is 13.4. The van der Waals surface area contributed by atoms with E-state index in [4.69, 9.17) is 11.5 Å². The highest BCUT2D eigenvalue weighted by molar-refractivity contribution is 5.98. The Hall–Kier alpha value is -2.04. The number of nitrogens with two attached hydrogens (primary N) is 2. The number of amides is 1. The largest absolute Gasteiger partial charge is 0.397 e. The summed E-state index contributed by atoms with van der Waals surface area (Å²) in [7, 11) is 0. The molecule has 0 unspecified atom stereocenters. The van der Waals surface area contributed by atoms with E-state index < -0.39 is 0 Å². The summed E-state index contributed by atoms with van der Waals surface area (Å²) in [5.41, 5.74) is 13.7. The van der Waals surface area contributed by atoms with E-state index in [2.05, 4.69) is 0 Å². The third-order valence-electron chi connectivity index (χ3n) is 3.61. The van der Waals surface area contributed by atoms with Crippen molar-refractivity contribution in [1.82, 2.24) is 4.90 Å². The van der Waals surface area contributed by atoms with E-state index in [1.807, 2.05) is 13.8 Å². The summed E-state index contributed by atoms with van der Waals surface area (Å²) in [5.74, 6) is 0.134. The van der Waals surface area contributed by atoms with Crippen LogP contribution in [0.25, 0.3) is 0 Å². The number of nitrogen functional groups attached to an aromatic ring is 2. The van der Waals surface area contributed by atoms with Crippen molar-refractivity contribution in [2.45, 2.75) is 32.7 Å². The smallest absolute Gasteiger partial charge is 0.254 e. The number of nitrogens with zero attached hydrogens (tertiary/aromatic N) is 1. The van der Waals surface area contributed by atoms with Gasteiger partial charge in [-0.15, -0.1) is 0 Å². The van der Waals surface area contributed by atoms with Crippen molar-refractivity contribution in [2.75, 3.05) is 18.0 Å². The Bertz CT molecular complexity index is 540. The fraction of sp³-hybridized carbons (Fsp3) is 0.429. The van der Waals surface area contributed by atoms with Gasteiger partial charge < -0.3 is 16.4 Å². The summed E-state index contributed by atoms with van der Waals surface area (Å²) in [6.45, 7) is 4.20. The number of piperidine rings is 1. The molecule has 102 valence electrons. The van der Waals surface area contributed by atoms with E-state index in [9.17, 15) is 9.59 Å². The fourth-order valence-corrected chi connectivity index (χ4v) is 2.44. The zero-order valence-electron chi connectivity index (χ0n) is 11.3. The number of Topliss-reactive ketones (excluding diaryl/α,β-unsaturated/α-hetero) is 1. The van der Waals surface area contributed by atoms with Crippen LogP contribution in [0.5, 0.6) is 0 Å². The van der Waals surface area contributed by atoms with Gasteiger partial charge in [-0.2, -0.15) is 0 Å². The number of likely N-dealkylation sites (tertiary alicyclic amines) is 1. The molecule has 19 heavy (non-hydrogen) atoms. The number of anilines is 2. The lowest BCUT2D eigenvalue weighted by atomic mass is 9.99. The van der Waals surface area contributed by atoms with Crippen LogP contribution in [0.1, 0.15) is 35.7 Å². The molecule has 1 amide bonds. The highest BCUT2D eigenvalue weighted by atomic mass is 16.2. The van der Waals surface area contributed by atoms with Gasteiger partial charge in [-0.3, -0.25) is 9.59 Å². The second kappa shape index (κ2) is 4.91. The molecule has 0 saturated carbocycles. The van der Waals surface area contributed by atoms with Crippen molar-refractivity contribution >= 4 is 23.1 Å². The molecular weight excluding hydrogens is 242 g/mol. The number of carbonyl (C=O) groups excluding carboxylic acids is 2. The molecule has 2 rings (SSSR count). The Morgan fingerprint density at radius 2 is 1.95 bits per heavy atom. The van der Waals surface area contributed by atoms with Crippen LogP contribution < -0.4 is 11.5 Å². The number of rotatable bonds is 1. The van der Waals surface area contributed by atoms with Gasteiger partial charge in [0.25, 0.3) is 5.91 Å². The van der Waals surface area contributed by atoms with E-state index in [0.717, 1.165) is 5.56 Å². The fourth-order valence-electron chi connectivity index (χ4n) is 2.44. The molecule has 1 aliphatic rings. The molecule has 4 N–H and O–H groups in total. The van der Waals surface area contributed by atoms with E-state index in [1.54, 1.807) is 17.0 Å². The number of hydrogen-bond acceptors (Lipinski definition) is 4. The predicted octanol–water partition coefficient (Wildman–Crippen LogP) is 1.35. The number of carbonyl (C=O) groups is 2. The lowest BCUT2D eigenvalue weighted by Crippen LogP contribution is -2.45. The van der Waals surface area contributed by atoms with Crippen molar-refractivity contribution in [3.8, 4) is 0 Å². The summed E-state index contributed by atoms with van der Waals surface area (Å²) in [4.78, 5) is 25.6. The normalized spacial score (nSPS) is 19.6. The van der Waals surface area contributed by atoms with Crippen LogP contribution in [-0.2, 0) is 4.79 Å². The van der Waals surface area contributed by atoms with Gasteiger partial charge in [-0.1, -0.05) is 0 Å². The minimum absolute atomic E-state index is 0.0630. The van der Waals surface area contributed by atoms with Crippen LogP contribution in [0.4, 0.5) is 11.4 Å². The summed E-state index contributed by atoms with van der Waals surface area (Å²) in [6, 6.07) is 3.27. The minimum Gasteiger partial charge on any atom is -0.397 e. The monoisotopic (exact) mass is 261 g/mol. The molecule has 1 saturated heterocycles. The molecule has 0 aliphatic carbocycles. The number of aryl methyl sites for hydroxylation is 1. The van der Waals surface area contributed by atoms with Crippen molar-refractivity contribution in [3.63, 3.8) is 0 Å². The van der Waals surface area contributed by atoms with Crippen LogP contribution in [0.2, 0.25) is 0 Å². The highest BCUT2D eigenvalue weighted by Gasteiger charge is 2.28. The molecule has 0 bridgehead atoms. The van der Waals surface area contributed by atoms with Gasteiger partial charge in [0.05, 0.1) is 11.4 Å². The highest BCUT2D eigenvalue weighted by Crippen LogP contribution is 2.24. The maximum Gasteiger partial charge on any atom is 0.254 e. The van der Waals surface area contributed by atoms with Gasteiger partial charge in [0.15, 0.2) is 0 Å². The first-order valence-electron chi connectivity index (χ1n) is 6.38. The number of ketones is 1. The zero-order valence-corrected chi connectivity index (χ0v) is 11.3. The predicted molar refractivity (Wildman–Crippen MR) is 74.7 cm³/mol. The van der Waals surface area contributed by atoms with E-state index in [-0.39, 0.29) is 17.7 Å². The van der Waals surface area contributed by atoms with Gasteiger partial charge in [0, 0.05) is 31.0 Å². The third-order valence-corrected chi connectivity index (χ3v) is 3.61. The Kier molecular flexibility index (Phi) is 3.46. The lowest BCUT2D eigenvalue weighted by molar-refractivity contribution is -0.122. The first-order chi connectivity index (χ1) is 8.90. The van der Waals surface area contributed by atoms with Gasteiger partial charge in [0.2, 0.25) is 0 Å². The maximum atomic E-state index is 12.5. The van der Waals surface area contributed by atoms with Crippen LogP contribution in [0.15, 0.2) is 12.1 Å². The molecule has 1 aliphatic heterocycles. The second-order valence-electron chi connectivity index (χ2n) is 5.14. The van der Waals surface area contributed by atoms with Crippen molar-refractivity contribution in [3.05, 3.63) is 23.3 Å². The Labute approximate surface area is 112 Å². The van der Waals surface area contributed by atoms with Gasteiger partial charge >= 0.3 is 0 Å². The summed E-state index contributed by atoms with van der Waals surface area (Å²) in [6.07, 6.45) is 0.856. The second-order valence-corrected chi connectivity index (χ2v) is 5.14. The number of benzene rings is 1. The maximum absolute atomic E-state index is 12.5. The molecule has 0 radical (unpaired) electrons. The molecular formula is C14H19N3O2. The summed E-state index contributed by atoms with van der Waals surface area (Å²) >= 11 is 0. The van der Waals surface area contributed by atoms with Gasteiger partial charge in [-0.05, 0) is 31.5 Å². The van der Waals surface area contributed by atoms with Crippen LogP contribution in [-0.4, -0.2) is 29.2 Å². The minimum atomic E-state index is -0.0794.